The van der Waals surface area contributed by atoms with Gasteiger partial charge in [-0.15, -0.1) is 0 Å². The van der Waals surface area contributed by atoms with E-state index in [0.29, 0.717) is 22.2 Å². The first-order valence-electron chi connectivity index (χ1n) is 9.06. The van der Waals surface area contributed by atoms with Gasteiger partial charge < -0.3 is 14.2 Å². The number of hydrogen-bond donors (Lipinski definition) is 0. The number of benzene rings is 2. The molecular formula is C22H21NO6. The normalized spacial score (nSPS) is 10.8. The quantitative estimate of drug-likeness (QED) is 0.597. The zero-order chi connectivity index (χ0) is 21.0. The number of esters is 2. The number of ether oxygens (including phenoxy) is 3. The first kappa shape index (κ1) is 20.1. The highest BCUT2D eigenvalue weighted by Gasteiger charge is 2.18. The van der Waals surface area contributed by atoms with Gasteiger partial charge in [-0.05, 0) is 44.2 Å². The fourth-order valence-corrected chi connectivity index (χ4v) is 2.89. The van der Waals surface area contributed by atoms with Crippen LogP contribution >= 0.6 is 0 Å². The molecule has 0 spiro atoms. The maximum atomic E-state index is 13.0. The Kier molecular flexibility index (Phi) is 5.97. The molecule has 29 heavy (non-hydrogen) atoms. The Morgan fingerprint density at radius 1 is 1.00 bits per heavy atom. The number of methoxy groups -OCH3 is 1. The zero-order valence-electron chi connectivity index (χ0n) is 16.4. The first-order chi connectivity index (χ1) is 13.9. The SMILES string of the molecule is COc1ccc(-n2cc(C(=O)OCC(=O)OC(C)C)c3ccccc3c2=O)cc1. The first-order valence-corrected chi connectivity index (χ1v) is 9.06. The average molecular weight is 395 g/mol. The summed E-state index contributed by atoms with van der Waals surface area (Å²) in [6.45, 7) is 2.91. The summed E-state index contributed by atoms with van der Waals surface area (Å²) in [7, 11) is 1.55. The van der Waals surface area contributed by atoms with Crippen LogP contribution in [0.15, 0.2) is 59.5 Å². The highest BCUT2D eigenvalue weighted by Crippen LogP contribution is 2.20. The molecule has 0 saturated heterocycles. The van der Waals surface area contributed by atoms with Gasteiger partial charge in [-0.1, -0.05) is 18.2 Å². The third-order valence-corrected chi connectivity index (χ3v) is 4.18. The Morgan fingerprint density at radius 3 is 2.28 bits per heavy atom. The van der Waals surface area contributed by atoms with Crippen LogP contribution in [0.4, 0.5) is 0 Å². The lowest BCUT2D eigenvalue weighted by molar-refractivity contribution is -0.150. The van der Waals surface area contributed by atoms with E-state index in [-0.39, 0.29) is 17.2 Å². The van der Waals surface area contributed by atoms with Crippen molar-refractivity contribution >= 4 is 22.7 Å². The summed E-state index contributed by atoms with van der Waals surface area (Å²) in [5.41, 5.74) is 0.463. The Morgan fingerprint density at radius 2 is 1.66 bits per heavy atom. The van der Waals surface area contributed by atoms with Crippen molar-refractivity contribution < 1.29 is 23.8 Å². The Balaban J connectivity index is 2.02. The molecule has 0 aliphatic heterocycles. The molecule has 0 atom stereocenters. The molecule has 0 radical (unpaired) electrons. The molecule has 2 aromatic carbocycles. The van der Waals surface area contributed by atoms with Crippen LogP contribution in [-0.2, 0) is 14.3 Å². The van der Waals surface area contributed by atoms with Gasteiger partial charge >= 0.3 is 11.9 Å². The van der Waals surface area contributed by atoms with Gasteiger partial charge in [-0.2, -0.15) is 0 Å². The number of aromatic nitrogens is 1. The summed E-state index contributed by atoms with van der Waals surface area (Å²) in [6.07, 6.45) is 1.11. The van der Waals surface area contributed by atoms with Gasteiger partial charge in [0.15, 0.2) is 6.61 Å². The average Bonchev–Trinajstić information content (AvgIpc) is 2.72. The standard InChI is InChI=1S/C22H21NO6/c1-14(2)29-20(24)13-28-22(26)19-12-23(15-8-10-16(27-3)11-9-15)21(25)18-7-5-4-6-17(18)19/h4-12,14H,13H2,1-3H3. The van der Waals surface area contributed by atoms with Crippen LogP contribution in [0, 0.1) is 0 Å². The third kappa shape index (κ3) is 4.45. The number of nitrogens with zero attached hydrogens (tertiary/aromatic N) is 1. The molecule has 0 N–H and O–H groups in total. The molecule has 0 saturated carbocycles. The van der Waals surface area contributed by atoms with E-state index in [2.05, 4.69) is 0 Å². The van der Waals surface area contributed by atoms with Crippen LogP contribution in [0.1, 0.15) is 24.2 Å². The van der Waals surface area contributed by atoms with Crippen LogP contribution in [0.25, 0.3) is 16.5 Å². The minimum atomic E-state index is -0.718. The molecule has 0 aliphatic carbocycles. The Hall–Kier alpha value is -3.61. The lowest BCUT2D eigenvalue weighted by Crippen LogP contribution is -2.23. The molecule has 0 unspecified atom stereocenters. The van der Waals surface area contributed by atoms with Crippen molar-refractivity contribution in [1.29, 1.82) is 0 Å². The van der Waals surface area contributed by atoms with Crippen molar-refractivity contribution in [2.45, 2.75) is 20.0 Å². The number of carbonyl (C=O) groups is 2. The molecule has 0 aliphatic rings. The number of carbonyl (C=O) groups excluding carboxylic acids is 2. The molecular weight excluding hydrogens is 374 g/mol. The highest BCUT2D eigenvalue weighted by atomic mass is 16.6. The fraction of sp³-hybridized carbons (Fsp3) is 0.227. The van der Waals surface area contributed by atoms with Crippen molar-refractivity contribution in [1.82, 2.24) is 4.57 Å². The summed E-state index contributed by atoms with van der Waals surface area (Å²) in [4.78, 5) is 37.3. The van der Waals surface area contributed by atoms with Crippen molar-refractivity contribution in [2.24, 2.45) is 0 Å². The van der Waals surface area contributed by atoms with E-state index in [0.717, 1.165) is 0 Å². The van der Waals surface area contributed by atoms with E-state index in [1.54, 1.807) is 69.5 Å². The van der Waals surface area contributed by atoms with Crippen LogP contribution in [0.2, 0.25) is 0 Å². The Bertz CT molecular complexity index is 1100. The second-order valence-corrected chi connectivity index (χ2v) is 6.58. The number of pyridine rings is 1. The molecule has 0 bridgehead atoms. The third-order valence-electron chi connectivity index (χ3n) is 4.18. The second-order valence-electron chi connectivity index (χ2n) is 6.58. The van der Waals surface area contributed by atoms with E-state index in [1.807, 2.05) is 0 Å². The topological polar surface area (TPSA) is 83.8 Å². The minimum absolute atomic E-state index is 0.174. The fourth-order valence-electron chi connectivity index (χ4n) is 2.89. The minimum Gasteiger partial charge on any atom is -0.497 e. The lowest BCUT2D eigenvalue weighted by atomic mass is 10.1. The molecule has 7 nitrogen and oxygen atoms in total. The lowest BCUT2D eigenvalue weighted by Gasteiger charge is -2.13. The zero-order valence-corrected chi connectivity index (χ0v) is 16.4. The van der Waals surface area contributed by atoms with Gasteiger partial charge in [0.05, 0.1) is 18.8 Å². The molecule has 0 fully saturated rings. The van der Waals surface area contributed by atoms with Crippen molar-refractivity contribution in [2.75, 3.05) is 13.7 Å². The summed E-state index contributed by atoms with van der Waals surface area (Å²) in [6, 6.07) is 13.6. The number of rotatable bonds is 6. The number of fused-ring (bicyclic) bond motifs is 1. The summed E-state index contributed by atoms with van der Waals surface area (Å²) in [5, 5.41) is 0.812. The number of hydrogen-bond acceptors (Lipinski definition) is 6. The smallest absolute Gasteiger partial charge is 0.344 e. The van der Waals surface area contributed by atoms with Crippen molar-refractivity contribution in [3.8, 4) is 11.4 Å². The van der Waals surface area contributed by atoms with Gasteiger partial charge in [-0.25, -0.2) is 9.59 Å². The maximum absolute atomic E-state index is 13.0. The maximum Gasteiger partial charge on any atom is 0.344 e. The van der Waals surface area contributed by atoms with Crippen LogP contribution in [0.5, 0.6) is 5.75 Å². The van der Waals surface area contributed by atoms with Gasteiger partial charge in [-0.3, -0.25) is 9.36 Å². The van der Waals surface area contributed by atoms with Crippen LogP contribution in [-0.4, -0.2) is 36.3 Å². The van der Waals surface area contributed by atoms with Crippen LogP contribution < -0.4 is 10.3 Å². The van der Waals surface area contributed by atoms with Gasteiger partial charge in [0.2, 0.25) is 0 Å². The van der Waals surface area contributed by atoms with Gasteiger partial charge in [0.25, 0.3) is 5.56 Å². The summed E-state index contributed by atoms with van der Waals surface area (Å²) in [5.74, 6) is -0.712. The van der Waals surface area contributed by atoms with E-state index >= 15 is 0 Å². The largest absolute Gasteiger partial charge is 0.497 e. The second kappa shape index (κ2) is 8.60. The summed E-state index contributed by atoms with van der Waals surface area (Å²) >= 11 is 0. The van der Waals surface area contributed by atoms with E-state index in [9.17, 15) is 14.4 Å². The highest BCUT2D eigenvalue weighted by molar-refractivity contribution is 6.04. The van der Waals surface area contributed by atoms with Gasteiger partial charge in [0.1, 0.15) is 5.75 Å². The van der Waals surface area contributed by atoms with Crippen LogP contribution in [0.3, 0.4) is 0 Å². The van der Waals surface area contributed by atoms with Gasteiger partial charge in [0, 0.05) is 22.7 Å². The van der Waals surface area contributed by atoms with E-state index in [1.165, 1.54) is 10.8 Å². The van der Waals surface area contributed by atoms with E-state index < -0.39 is 18.5 Å². The molecule has 3 rings (SSSR count). The monoisotopic (exact) mass is 395 g/mol. The van der Waals surface area contributed by atoms with Crippen molar-refractivity contribution in [3.05, 3.63) is 70.6 Å². The van der Waals surface area contributed by atoms with Crippen molar-refractivity contribution in [3.63, 3.8) is 0 Å². The molecule has 3 aromatic rings. The predicted molar refractivity (Wildman–Crippen MR) is 108 cm³/mol. The predicted octanol–water partition coefficient (Wildman–Crippen LogP) is 3.11. The summed E-state index contributed by atoms with van der Waals surface area (Å²) < 4.78 is 16.6. The molecule has 0 amide bonds. The van der Waals surface area contributed by atoms with E-state index in [4.69, 9.17) is 14.2 Å². The molecule has 7 heteroatoms. The Labute approximate surface area is 167 Å². The molecule has 150 valence electrons. The molecule has 1 heterocycles. The molecule has 1 aromatic heterocycles.